The van der Waals surface area contributed by atoms with E-state index in [0.29, 0.717) is 0 Å². The van der Waals surface area contributed by atoms with Crippen molar-refractivity contribution in [2.45, 2.75) is 44.9 Å². The zero-order valence-corrected chi connectivity index (χ0v) is 31.7. The Kier molecular flexibility index (Phi) is 11.7. The average molecular weight is 760 g/mol. The monoisotopic (exact) mass is 756 g/mol. The SMILES string of the molecule is CC1(C)C=Cc2cc3c(cc21)[cH-]c1cc2c(cc13)C=CC2(C)C.Clc1cccc([C](=[Zr+2])c2cccc(Cl)c2)c1.[C-]1=CC=CC1.[Cl-].[Cl-]. The van der Waals surface area contributed by atoms with E-state index in [1.807, 2.05) is 48.6 Å². The summed E-state index contributed by atoms with van der Waals surface area (Å²) in [5.41, 5.74) is 8.29. The Bertz CT molecular complexity index is 1890. The van der Waals surface area contributed by atoms with E-state index >= 15 is 0 Å². The summed E-state index contributed by atoms with van der Waals surface area (Å²) in [6, 6.07) is 27.7. The molecule has 0 spiro atoms. The van der Waals surface area contributed by atoms with Crippen LogP contribution < -0.4 is 24.8 Å². The van der Waals surface area contributed by atoms with Crippen LogP contribution in [0, 0.1) is 6.08 Å². The standard InChI is InChI=1S/C23H21.C13H8Cl2.C5H5.2ClH.Zr/c1-22(2)7-5-14-10-18-16(12-20(14)22)9-17-13-21-15(11-19(17)18)6-8-23(21,3)4;14-12-5-1-3-10(8-12)7-11-4-2-6-13(15)9-11;1-2-4-5-3-1;;;/h5-13H,1-4H3;1-6,8-9H;1-3H,4H2;2*1H;/q-1;;-1;;;+2/p-2. The molecule has 5 aromatic rings. The molecule has 5 aromatic carbocycles. The maximum Gasteiger partial charge on any atom is -0.109 e. The third-order valence-corrected chi connectivity index (χ3v) is 10.5. The van der Waals surface area contributed by atoms with Crippen LogP contribution in [-0.2, 0) is 35.1 Å². The average Bonchev–Trinajstić information content (AvgIpc) is 3.79. The van der Waals surface area contributed by atoms with E-state index in [1.54, 1.807) is 0 Å². The molecule has 3 aliphatic rings. The van der Waals surface area contributed by atoms with Crippen LogP contribution in [-0.4, -0.2) is 3.21 Å². The molecule has 0 heterocycles. The Hall–Kier alpha value is -2.38. The van der Waals surface area contributed by atoms with E-state index in [2.05, 4.69) is 107 Å². The van der Waals surface area contributed by atoms with Gasteiger partial charge in [-0.05, 0) is 11.1 Å². The van der Waals surface area contributed by atoms with E-state index in [-0.39, 0.29) is 35.6 Å². The van der Waals surface area contributed by atoms with Gasteiger partial charge >= 0.3 is 120 Å². The molecule has 3 aliphatic carbocycles. The maximum atomic E-state index is 5.98. The maximum absolute atomic E-state index is 5.98. The molecule has 0 nitrogen and oxygen atoms in total. The fraction of sp³-hybridized carbons (Fsp3) is 0.171. The van der Waals surface area contributed by atoms with Gasteiger partial charge in [-0.1, -0.05) is 75.3 Å². The molecule has 0 saturated carbocycles. The molecule has 0 bridgehead atoms. The van der Waals surface area contributed by atoms with Gasteiger partial charge in [0.05, 0.1) is 0 Å². The summed E-state index contributed by atoms with van der Waals surface area (Å²) in [5.74, 6) is 0. The molecule has 46 heavy (non-hydrogen) atoms. The molecule has 0 radical (unpaired) electrons. The van der Waals surface area contributed by atoms with Crippen LogP contribution in [0.2, 0.25) is 10.0 Å². The molecule has 0 aromatic heterocycles. The largest absolute Gasteiger partial charge is 1.00 e. The minimum atomic E-state index is 0. The van der Waals surface area contributed by atoms with Crippen LogP contribution >= 0.6 is 23.2 Å². The number of benzene rings is 4. The topological polar surface area (TPSA) is 0 Å². The van der Waals surface area contributed by atoms with E-state index in [4.69, 9.17) is 23.2 Å². The van der Waals surface area contributed by atoms with Crippen molar-refractivity contribution in [2.75, 3.05) is 0 Å². The Labute approximate surface area is 310 Å². The molecule has 0 fully saturated rings. The number of hydrogen-bond acceptors (Lipinski definition) is 0. The van der Waals surface area contributed by atoms with Crippen molar-refractivity contribution < 1.29 is 49.0 Å². The number of fused-ring (bicyclic) bond motifs is 5. The molecule has 0 amide bonds. The van der Waals surface area contributed by atoms with Crippen LogP contribution in [0.3, 0.4) is 0 Å². The van der Waals surface area contributed by atoms with Crippen LogP contribution in [0.15, 0.2) is 109 Å². The van der Waals surface area contributed by atoms with Gasteiger partial charge in [0.2, 0.25) is 0 Å². The van der Waals surface area contributed by atoms with Crippen LogP contribution in [0.5, 0.6) is 0 Å². The Morgan fingerprint density at radius 1 is 0.717 bits per heavy atom. The molecule has 0 aliphatic heterocycles. The predicted octanol–water partition coefficient (Wildman–Crippen LogP) is 5.74. The van der Waals surface area contributed by atoms with Gasteiger partial charge in [0.1, 0.15) is 0 Å². The van der Waals surface area contributed by atoms with Crippen LogP contribution in [0.1, 0.15) is 67.5 Å². The first-order chi connectivity index (χ1) is 21.0. The summed E-state index contributed by atoms with van der Waals surface area (Å²) in [6.07, 6.45) is 19.2. The van der Waals surface area contributed by atoms with Gasteiger partial charge in [-0.3, -0.25) is 6.08 Å². The summed E-state index contributed by atoms with van der Waals surface area (Å²) < 4.78 is 1.26. The molecular weight excluding hydrogens is 725 g/mol. The summed E-state index contributed by atoms with van der Waals surface area (Å²) in [5, 5.41) is 7.06. The zero-order valence-electron chi connectivity index (χ0n) is 26.3. The second-order valence-electron chi connectivity index (χ2n) is 12.7. The third kappa shape index (κ3) is 7.67. The fourth-order valence-electron chi connectivity index (χ4n) is 6.10. The zero-order chi connectivity index (χ0) is 31.1. The van der Waals surface area contributed by atoms with Crippen molar-refractivity contribution in [3.63, 3.8) is 0 Å². The smallest absolute Gasteiger partial charge is 0.109 e. The second-order valence-corrected chi connectivity index (χ2v) is 14.8. The van der Waals surface area contributed by atoms with Crippen molar-refractivity contribution in [1.82, 2.24) is 0 Å². The van der Waals surface area contributed by atoms with E-state index in [1.165, 1.54) is 71.2 Å². The fourth-order valence-corrected chi connectivity index (χ4v) is 7.25. The second kappa shape index (κ2) is 14.8. The van der Waals surface area contributed by atoms with Gasteiger partial charge in [0, 0.05) is 10.8 Å². The first kappa shape index (κ1) is 36.5. The quantitative estimate of drug-likeness (QED) is 0.202. The van der Waals surface area contributed by atoms with Gasteiger partial charge in [0.25, 0.3) is 0 Å². The summed E-state index contributed by atoms with van der Waals surface area (Å²) in [7, 11) is 0. The minimum Gasteiger partial charge on any atom is -1.00 e. The third-order valence-electron chi connectivity index (χ3n) is 8.60. The van der Waals surface area contributed by atoms with Gasteiger partial charge in [-0.15, -0.1) is 46.2 Å². The minimum absolute atomic E-state index is 0. The van der Waals surface area contributed by atoms with Gasteiger partial charge in [-0.2, -0.15) is 6.08 Å². The Morgan fingerprint density at radius 2 is 1.20 bits per heavy atom. The van der Waals surface area contributed by atoms with Crippen molar-refractivity contribution in [2.24, 2.45) is 0 Å². The molecular formula is C41H34Cl4Zr-2. The Morgan fingerprint density at radius 3 is 1.57 bits per heavy atom. The molecule has 8 rings (SSSR count). The van der Waals surface area contributed by atoms with Crippen LogP contribution in [0.25, 0.3) is 33.7 Å². The molecule has 0 saturated heterocycles. The number of hydrogen-bond donors (Lipinski definition) is 0. The van der Waals surface area contributed by atoms with Crippen molar-refractivity contribution in [3.8, 4) is 0 Å². The summed E-state index contributed by atoms with van der Waals surface area (Å²) in [6.45, 7) is 9.19. The van der Waals surface area contributed by atoms with Gasteiger partial charge < -0.3 is 24.8 Å². The van der Waals surface area contributed by atoms with Crippen molar-refractivity contribution in [3.05, 3.63) is 159 Å². The number of rotatable bonds is 2. The normalized spacial score (nSPS) is 15.3. The summed E-state index contributed by atoms with van der Waals surface area (Å²) >= 11 is 13.3. The van der Waals surface area contributed by atoms with E-state index < -0.39 is 0 Å². The summed E-state index contributed by atoms with van der Waals surface area (Å²) in [4.78, 5) is 0. The molecule has 232 valence electrons. The number of halogens is 4. The Balaban J connectivity index is 0.000000183. The van der Waals surface area contributed by atoms with Gasteiger partial charge in [0.15, 0.2) is 0 Å². The van der Waals surface area contributed by atoms with Crippen LogP contribution in [0.4, 0.5) is 0 Å². The molecule has 0 unspecified atom stereocenters. The van der Waals surface area contributed by atoms with Crippen molar-refractivity contribution >= 4 is 60.1 Å². The first-order valence-corrected chi connectivity index (χ1v) is 16.9. The van der Waals surface area contributed by atoms with E-state index in [0.717, 1.165) is 27.6 Å². The van der Waals surface area contributed by atoms with Crippen molar-refractivity contribution in [1.29, 1.82) is 0 Å². The molecule has 5 heteroatoms. The molecule has 0 atom stereocenters. The first-order valence-electron chi connectivity index (χ1n) is 14.9. The van der Waals surface area contributed by atoms with Gasteiger partial charge in [-0.25, -0.2) is 12.2 Å². The number of allylic oxidation sites excluding steroid dienone is 6. The molecule has 0 N–H and O–H groups in total. The predicted molar refractivity (Wildman–Crippen MR) is 189 cm³/mol. The van der Waals surface area contributed by atoms with E-state index in [9.17, 15) is 0 Å².